The molecule has 0 saturated heterocycles. The van der Waals surface area contributed by atoms with Crippen molar-refractivity contribution in [3.05, 3.63) is 0 Å². The van der Waals surface area contributed by atoms with Gasteiger partial charge in [-0.15, -0.1) is 0 Å². The van der Waals surface area contributed by atoms with Crippen molar-refractivity contribution in [1.82, 2.24) is 5.32 Å². The predicted molar refractivity (Wildman–Crippen MR) is 256 cm³/mol. The molecule has 4 unspecified atom stereocenters. The van der Waals surface area contributed by atoms with Gasteiger partial charge in [-0.25, -0.2) is 0 Å². The van der Waals surface area contributed by atoms with E-state index in [1.165, 1.54) is 238 Å². The van der Waals surface area contributed by atoms with Crippen molar-refractivity contribution >= 4 is 5.91 Å². The third-order valence-electron chi connectivity index (χ3n) is 13.1. The van der Waals surface area contributed by atoms with Crippen LogP contribution in [0.3, 0.4) is 0 Å². The summed E-state index contributed by atoms with van der Waals surface area (Å²) in [6.07, 6.45) is 54.4. The van der Waals surface area contributed by atoms with E-state index in [1.54, 1.807) is 0 Å². The monoisotopic (exact) mass is 838 g/mol. The molecular weight excluding hydrogens is 731 g/mol. The summed E-state index contributed by atoms with van der Waals surface area (Å²) in [5.41, 5.74) is 0. The molecule has 0 aromatic heterocycles. The number of amides is 1. The smallest absolute Gasteiger partial charge is 0.249 e. The molecule has 0 radical (unpaired) electrons. The molecule has 0 aromatic carbocycles. The molecule has 5 N–H and O–H groups in total. The Morgan fingerprint density at radius 1 is 0.356 bits per heavy atom. The Bertz CT molecular complexity index is 811. The van der Waals surface area contributed by atoms with E-state index in [-0.39, 0.29) is 0 Å². The van der Waals surface area contributed by atoms with E-state index in [9.17, 15) is 25.2 Å². The minimum absolute atomic E-state index is 0.376. The maximum absolute atomic E-state index is 12.6. The van der Waals surface area contributed by atoms with E-state index in [0.29, 0.717) is 12.8 Å². The molecule has 0 aromatic rings. The SMILES string of the molecule is CCCCCCCCCCCCCCCCCCCCCCCCCC(O)C(=O)NC(CO)C(O)C(O)CCCCCCCCCCCCCCCCCCCCCC. The molecular formula is C53H107NO5. The van der Waals surface area contributed by atoms with Crippen LogP contribution in [0, 0.1) is 0 Å². The highest BCUT2D eigenvalue weighted by molar-refractivity contribution is 5.80. The van der Waals surface area contributed by atoms with Gasteiger partial charge < -0.3 is 25.7 Å². The molecule has 0 saturated carbocycles. The fraction of sp³-hybridized carbons (Fsp3) is 0.981. The fourth-order valence-electron chi connectivity index (χ4n) is 8.82. The molecule has 0 bridgehead atoms. The maximum atomic E-state index is 12.6. The molecule has 6 heteroatoms. The van der Waals surface area contributed by atoms with Crippen LogP contribution < -0.4 is 5.32 Å². The lowest BCUT2D eigenvalue weighted by molar-refractivity contribution is -0.132. The van der Waals surface area contributed by atoms with Crippen LogP contribution in [0.4, 0.5) is 0 Å². The molecule has 0 heterocycles. The standard InChI is InChI=1S/C53H107NO5/c1-3-5-7-9-11-13-15-17-19-21-23-25-26-27-29-31-33-35-37-39-41-43-45-47-51(57)53(59)54-49(48-55)52(58)50(56)46-44-42-40-38-36-34-32-30-28-24-22-20-18-16-14-12-10-8-6-4-2/h49-52,55-58H,3-48H2,1-2H3,(H,54,59). The number of rotatable bonds is 50. The Kier molecular flexibility index (Phi) is 47.8. The van der Waals surface area contributed by atoms with Gasteiger partial charge in [0.1, 0.15) is 12.2 Å². The molecule has 0 fully saturated rings. The first kappa shape index (κ1) is 58.3. The summed E-state index contributed by atoms with van der Waals surface area (Å²) in [5.74, 6) is -0.576. The second-order valence-electron chi connectivity index (χ2n) is 18.9. The normalized spacial score (nSPS) is 13.8. The van der Waals surface area contributed by atoms with Gasteiger partial charge in [0.05, 0.1) is 18.8 Å². The van der Waals surface area contributed by atoms with Crippen molar-refractivity contribution in [3.63, 3.8) is 0 Å². The van der Waals surface area contributed by atoms with E-state index in [2.05, 4.69) is 19.2 Å². The summed E-state index contributed by atoms with van der Waals surface area (Å²) < 4.78 is 0. The Balaban J connectivity index is 3.61. The van der Waals surface area contributed by atoms with Gasteiger partial charge in [-0.1, -0.05) is 290 Å². The molecule has 0 aliphatic rings. The lowest BCUT2D eigenvalue weighted by Crippen LogP contribution is -2.53. The zero-order valence-electron chi connectivity index (χ0n) is 40.0. The van der Waals surface area contributed by atoms with Crippen LogP contribution in [0.2, 0.25) is 0 Å². The fourth-order valence-corrected chi connectivity index (χ4v) is 8.82. The van der Waals surface area contributed by atoms with Gasteiger partial charge in [-0.2, -0.15) is 0 Å². The van der Waals surface area contributed by atoms with Gasteiger partial charge in [-0.05, 0) is 12.8 Å². The van der Waals surface area contributed by atoms with E-state index in [1.807, 2.05) is 0 Å². The average molecular weight is 838 g/mol. The molecule has 0 rings (SSSR count). The minimum Gasteiger partial charge on any atom is -0.394 e. The predicted octanol–water partition coefficient (Wildman–Crippen LogP) is 15.1. The van der Waals surface area contributed by atoms with E-state index in [4.69, 9.17) is 0 Å². The Morgan fingerprint density at radius 3 is 0.814 bits per heavy atom. The molecule has 0 aliphatic carbocycles. The van der Waals surface area contributed by atoms with E-state index < -0.39 is 36.9 Å². The number of nitrogens with one attached hydrogen (secondary N) is 1. The third-order valence-corrected chi connectivity index (χ3v) is 13.1. The van der Waals surface area contributed by atoms with Gasteiger partial charge in [0.15, 0.2) is 0 Å². The van der Waals surface area contributed by atoms with Crippen LogP contribution in [0.1, 0.15) is 303 Å². The quantitative estimate of drug-likeness (QED) is 0.0392. The summed E-state index contributed by atoms with van der Waals surface area (Å²) in [6, 6.07) is -0.980. The van der Waals surface area contributed by atoms with Crippen LogP contribution >= 0.6 is 0 Å². The summed E-state index contributed by atoms with van der Waals surface area (Å²) in [4.78, 5) is 12.6. The van der Waals surface area contributed by atoms with Crippen LogP contribution in [0.5, 0.6) is 0 Å². The molecule has 6 nitrogen and oxygen atoms in total. The molecule has 0 spiro atoms. The number of aliphatic hydroxyl groups is 4. The zero-order chi connectivity index (χ0) is 43.1. The van der Waals surface area contributed by atoms with Gasteiger partial charge in [-0.3, -0.25) is 4.79 Å². The number of hydrogen-bond donors (Lipinski definition) is 5. The Labute approximate surface area is 369 Å². The Hall–Kier alpha value is -0.690. The van der Waals surface area contributed by atoms with Gasteiger partial charge >= 0.3 is 0 Å². The molecule has 1 amide bonds. The topological polar surface area (TPSA) is 110 Å². The summed E-state index contributed by atoms with van der Waals surface area (Å²) in [6.45, 7) is 4.09. The summed E-state index contributed by atoms with van der Waals surface area (Å²) in [5, 5.41) is 44.0. The summed E-state index contributed by atoms with van der Waals surface area (Å²) in [7, 11) is 0. The van der Waals surface area contributed by atoms with Crippen LogP contribution in [-0.4, -0.2) is 57.3 Å². The molecule has 4 atom stereocenters. The second-order valence-corrected chi connectivity index (χ2v) is 18.9. The minimum atomic E-state index is -1.25. The molecule has 59 heavy (non-hydrogen) atoms. The van der Waals surface area contributed by atoms with E-state index >= 15 is 0 Å². The van der Waals surface area contributed by atoms with Crippen molar-refractivity contribution in [2.24, 2.45) is 0 Å². The highest BCUT2D eigenvalue weighted by atomic mass is 16.3. The van der Waals surface area contributed by atoms with Crippen molar-refractivity contribution in [2.75, 3.05) is 6.61 Å². The first-order valence-corrected chi connectivity index (χ1v) is 26.9. The highest BCUT2D eigenvalue weighted by Crippen LogP contribution is 2.18. The van der Waals surface area contributed by atoms with Crippen molar-refractivity contribution in [1.29, 1.82) is 0 Å². The largest absolute Gasteiger partial charge is 0.394 e. The van der Waals surface area contributed by atoms with Gasteiger partial charge in [0.25, 0.3) is 0 Å². The first-order chi connectivity index (χ1) is 29.0. The second kappa shape index (κ2) is 48.3. The van der Waals surface area contributed by atoms with Gasteiger partial charge in [0.2, 0.25) is 5.91 Å². The third kappa shape index (κ3) is 42.4. The molecule has 354 valence electrons. The van der Waals surface area contributed by atoms with Crippen LogP contribution in [-0.2, 0) is 4.79 Å². The molecule has 0 aliphatic heterocycles. The van der Waals surface area contributed by atoms with Crippen molar-refractivity contribution < 1.29 is 25.2 Å². The number of unbranched alkanes of at least 4 members (excludes halogenated alkanes) is 41. The number of carbonyl (C=O) groups excluding carboxylic acids is 1. The number of aliphatic hydroxyl groups excluding tert-OH is 4. The van der Waals surface area contributed by atoms with Gasteiger partial charge in [0, 0.05) is 0 Å². The Morgan fingerprint density at radius 2 is 0.576 bits per heavy atom. The van der Waals surface area contributed by atoms with E-state index in [0.717, 1.165) is 38.5 Å². The van der Waals surface area contributed by atoms with Crippen LogP contribution in [0.25, 0.3) is 0 Å². The highest BCUT2D eigenvalue weighted by Gasteiger charge is 2.28. The van der Waals surface area contributed by atoms with Crippen molar-refractivity contribution in [3.8, 4) is 0 Å². The summed E-state index contributed by atoms with van der Waals surface area (Å²) >= 11 is 0. The van der Waals surface area contributed by atoms with Crippen molar-refractivity contribution in [2.45, 2.75) is 327 Å². The first-order valence-electron chi connectivity index (χ1n) is 26.9. The zero-order valence-corrected chi connectivity index (χ0v) is 40.0. The lowest BCUT2D eigenvalue weighted by atomic mass is 9.99. The lowest BCUT2D eigenvalue weighted by Gasteiger charge is -2.27. The number of carbonyl (C=O) groups is 1. The number of hydrogen-bond acceptors (Lipinski definition) is 5. The average Bonchev–Trinajstić information content (AvgIpc) is 3.24. The van der Waals surface area contributed by atoms with Crippen LogP contribution in [0.15, 0.2) is 0 Å². The maximum Gasteiger partial charge on any atom is 0.249 e.